The van der Waals surface area contributed by atoms with Crippen molar-refractivity contribution in [1.29, 1.82) is 0 Å². The Morgan fingerprint density at radius 1 is 1.26 bits per heavy atom. The van der Waals surface area contributed by atoms with Crippen molar-refractivity contribution in [1.82, 2.24) is 5.32 Å². The van der Waals surface area contributed by atoms with Gasteiger partial charge in [-0.2, -0.15) is 0 Å². The largest absolute Gasteiger partial charge is 0.388 e. The van der Waals surface area contributed by atoms with Gasteiger partial charge in [-0.1, -0.05) is 0 Å². The smallest absolute Gasteiger partial charge is 0.251 e. The fourth-order valence-corrected chi connectivity index (χ4v) is 1.92. The number of methoxy groups -OCH3 is 1. The predicted molar refractivity (Wildman–Crippen MR) is 78.8 cm³/mol. The zero-order chi connectivity index (χ0) is 14.1. The highest BCUT2D eigenvalue weighted by Crippen LogP contribution is 2.14. The summed E-state index contributed by atoms with van der Waals surface area (Å²) in [5.41, 5.74) is 2.76. The molecule has 2 N–H and O–H groups in total. The normalized spacial score (nSPS) is 10.3. The molecule has 1 aromatic rings. The van der Waals surface area contributed by atoms with Crippen LogP contribution < -0.4 is 10.6 Å². The number of unbranched alkanes of at least 4 members (excludes halogenated alkanes) is 2. The highest BCUT2D eigenvalue weighted by Gasteiger charge is 2.08. The number of nitrogens with one attached hydrogen (secondary N) is 2. The first-order valence-corrected chi connectivity index (χ1v) is 6.74. The van der Waals surface area contributed by atoms with Gasteiger partial charge in [0.15, 0.2) is 0 Å². The van der Waals surface area contributed by atoms with E-state index in [9.17, 15) is 4.79 Å². The first kappa shape index (κ1) is 15.5. The van der Waals surface area contributed by atoms with E-state index in [1.165, 1.54) is 0 Å². The van der Waals surface area contributed by atoms with E-state index in [0.29, 0.717) is 0 Å². The van der Waals surface area contributed by atoms with Crippen LogP contribution in [0.5, 0.6) is 0 Å². The molecule has 1 rings (SSSR count). The molecule has 4 heteroatoms. The number of amides is 1. The summed E-state index contributed by atoms with van der Waals surface area (Å²) in [5.74, 6) is 0.00638. The maximum Gasteiger partial charge on any atom is 0.251 e. The van der Waals surface area contributed by atoms with Crippen LogP contribution in [-0.2, 0) is 4.74 Å². The van der Waals surface area contributed by atoms with E-state index in [1.807, 2.05) is 32.2 Å². The van der Waals surface area contributed by atoms with Gasteiger partial charge in [-0.15, -0.1) is 0 Å². The van der Waals surface area contributed by atoms with Gasteiger partial charge in [0.25, 0.3) is 5.91 Å². The number of carbonyl (C=O) groups is 1. The average Bonchev–Trinajstić information content (AvgIpc) is 2.42. The maximum absolute atomic E-state index is 12.0. The van der Waals surface area contributed by atoms with Crippen LogP contribution >= 0.6 is 0 Å². The number of hydrogen-bond donors (Lipinski definition) is 2. The Hall–Kier alpha value is -1.55. The van der Waals surface area contributed by atoms with Crippen LogP contribution in [0.2, 0.25) is 0 Å². The third kappa shape index (κ3) is 5.30. The molecule has 0 radical (unpaired) electrons. The third-order valence-electron chi connectivity index (χ3n) is 3.07. The summed E-state index contributed by atoms with van der Waals surface area (Å²) in [6.07, 6.45) is 3.11. The van der Waals surface area contributed by atoms with E-state index in [4.69, 9.17) is 4.74 Å². The summed E-state index contributed by atoms with van der Waals surface area (Å²) >= 11 is 0. The average molecular weight is 264 g/mol. The molecule has 0 fully saturated rings. The lowest BCUT2D eigenvalue weighted by Crippen LogP contribution is -2.25. The summed E-state index contributed by atoms with van der Waals surface area (Å²) in [4.78, 5) is 12.0. The van der Waals surface area contributed by atoms with Crippen LogP contribution in [-0.4, -0.2) is 33.2 Å². The molecule has 0 aliphatic rings. The summed E-state index contributed by atoms with van der Waals surface area (Å²) < 4.78 is 4.98. The summed E-state index contributed by atoms with van der Waals surface area (Å²) in [6.45, 7) is 3.46. The molecular weight excluding hydrogens is 240 g/mol. The Labute approximate surface area is 115 Å². The van der Waals surface area contributed by atoms with Crippen molar-refractivity contribution in [2.24, 2.45) is 0 Å². The number of benzene rings is 1. The van der Waals surface area contributed by atoms with Crippen molar-refractivity contribution < 1.29 is 9.53 Å². The van der Waals surface area contributed by atoms with Crippen LogP contribution in [0.25, 0.3) is 0 Å². The Bertz CT molecular complexity index is 405. The molecule has 0 aliphatic heterocycles. The van der Waals surface area contributed by atoms with Gasteiger partial charge in [-0.3, -0.25) is 4.79 Å². The summed E-state index contributed by atoms with van der Waals surface area (Å²) in [5, 5.41) is 6.02. The summed E-state index contributed by atoms with van der Waals surface area (Å²) in [6, 6.07) is 5.76. The number of rotatable bonds is 8. The lowest BCUT2D eigenvalue weighted by atomic mass is 10.1. The Morgan fingerprint density at radius 2 is 2.05 bits per heavy atom. The molecule has 0 heterocycles. The van der Waals surface area contributed by atoms with Crippen LogP contribution in [0.1, 0.15) is 35.2 Å². The number of aryl methyl sites for hydroxylation is 1. The number of carbonyl (C=O) groups excluding carboxylic acids is 1. The molecule has 0 saturated carbocycles. The molecule has 1 aromatic carbocycles. The molecule has 1 amide bonds. The Balaban J connectivity index is 2.37. The minimum atomic E-state index is 0.00638. The van der Waals surface area contributed by atoms with Crippen molar-refractivity contribution in [3.63, 3.8) is 0 Å². The summed E-state index contributed by atoms with van der Waals surface area (Å²) in [7, 11) is 3.58. The Kier molecular flexibility index (Phi) is 6.97. The van der Waals surface area contributed by atoms with Crippen LogP contribution in [0.4, 0.5) is 5.69 Å². The molecule has 0 aliphatic carbocycles. The van der Waals surface area contributed by atoms with Crippen LogP contribution in [0, 0.1) is 6.92 Å². The maximum atomic E-state index is 12.0. The minimum absolute atomic E-state index is 0.00638. The molecule has 19 heavy (non-hydrogen) atoms. The quantitative estimate of drug-likeness (QED) is 0.710. The molecule has 0 saturated heterocycles. The van der Waals surface area contributed by atoms with Gasteiger partial charge in [-0.25, -0.2) is 0 Å². The molecule has 0 spiro atoms. The number of ether oxygens (including phenoxy) is 1. The van der Waals surface area contributed by atoms with Gasteiger partial charge in [0.05, 0.1) is 0 Å². The second kappa shape index (κ2) is 8.53. The van der Waals surface area contributed by atoms with Crippen molar-refractivity contribution in [3.05, 3.63) is 29.3 Å². The van der Waals surface area contributed by atoms with Crippen molar-refractivity contribution in [3.8, 4) is 0 Å². The van der Waals surface area contributed by atoms with Gasteiger partial charge in [0.1, 0.15) is 0 Å². The first-order valence-electron chi connectivity index (χ1n) is 6.74. The fourth-order valence-electron chi connectivity index (χ4n) is 1.92. The van der Waals surface area contributed by atoms with E-state index >= 15 is 0 Å². The lowest BCUT2D eigenvalue weighted by Gasteiger charge is -2.09. The van der Waals surface area contributed by atoms with Gasteiger partial charge < -0.3 is 15.4 Å². The molecule has 0 bridgehead atoms. The standard InChI is InChI=1S/C15H24N2O2/c1-12-11-13(16-2)7-8-14(12)15(18)17-9-5-4-6-10-19-3/h7-8,11,16H,4-6,9-10H2,1-3H3,(H,17,18). The van der Waals surface area contributed by atoms with Gasteiger partial charge in [-0.05, 0) is 49.9 Å². The molecule has 4 nitrogen and oxygen atoms in total. The minimum Gasteiger partial charge on any atom is -0.388 e. The van der Waals surface area contributed by atoms with Crippen molar-refractivity contribution in [2.75, 3.05) is 32.6 Å². The lowest BCUT2D eigenvalue weighted by molar-refractivity contribution is 0.0952. The monoisotopic (exact) mass is 264 g/mol. The molecular formula is C15H24N2O2. The molecule has 0 atom stereocenters. The van der Waals surface area contributed by atoms with Crippen molar-refractivity contribution >= 4 is 11.6 Å². The van der Waals surface area contributed by atoms with E-state index in [1.54, 1.807) is 7.11 Å². The van der Waals surface area contributed by atoms with E-state index < -0.39 is 0 Å². The topological polar surface area (TPSA) is 50.4 Å². The van der Waals surface area contributed by atoms with E-state index in [2.05, 4.69) is 10.6 Å². The molecule has 0 aromatic heterocycles. The van der Waals surface area contributed by atoms with Crippen LogP contribution in [0.15, 0.2) is 18.2 Å². The van der Waals surface area contributed by atoms with E-state index in [-0.39, 0.29) is 5.91 Å². The predicted octanol–water partition coefficient (Wildman–Crippen LogP) is 2.58. The zero-order valence-electron chi connectivity index (χ0n) is 12.1. The first-order chi connectivity index (χ1) is 9.19. The second-order valence-electron chi connectivity index (χ2n) is 4.59. The van der Waals surface area contributed by atoms with Gasteiger partial charge in [0, 0.05) is 38.6 Å². The van der Waals surface area contributed by atoms with Gasteiger partial charge >= 0.3 is 0 Å². The SMILES string of the molecule is CNc1ccc(C(=O)NCCCCCOC)c(C)c1. The van der Waals surface area contributed by atoms with Crippen molar-refractivity contribution in [2.45, 2.75) is 26.2 Å². The molecule has 106 valence electrons. The highest BCUT2D eigenvalue weighted by molar-refractivity contribution is 5.96. The van der Waals surface area contributed by atoms with Gasteiger partial charge in [0.2, 0.25) is 0 Å². The number of anilines is 1. The second-order valence-corrected chi connectivity index (χ2v) is 4.59. The fraction of sp³-hybridized carbons (Fsp3) is 0.533. The Morgan fingerprint density at radius 3 is 2.68 bits per heavy atom. The highest BCUT2D eigenvalue weighted by atomic mass is 16.5. The zero-order valence-corrected chi connectivity index (χ0v) is 12.1. The van der Waals surface area contributed by atoms with E-state index in [0.717, 1.165) is 49.2 Å². The van der Waals surface area contributed by atoms with Crippen LogP contribution in [0.3, 0.4) is 0 Å². The third-order valence-corrected chi connectivity index (χ3v) is 3.07. The number of hydrogen-bond acceptors (Lipinski definition) is 3. The molecule has 0 unspecified atom stereocenters.